The fourth-order valence-electron chi connectivity index (χ4n) is 2.92. The lowest BCUT2D eigenvalue weighted by Gasteiger charge is -2.28. The van der Waals surface area contributed by atoms with Crippen molar-refractivity contribution in [3.05, 3.63) is 35.4 Å². The van der Waals surface area contributed by atoms with Crippen molar-refractivity contribution in [1.82, 2.24) is 5.32 Å². The summed E-state index contributed by atoms with van der Waals surface area (Å²) in [7, 11) is 0. The Morgan fingerprint density at radius 1 is 1.28 bits per heavy atom. The molecule has 3 N–H and O–H groups in total. The SMILES string of the molecule is CC(C)C[C@H](N)c1ccccc1C1CCCCN1. The second-order valence-electron chi connectivity index (χ2n) is 5.87. The molecule has 2 nitrogen and oxygen atoms in total. The quantitative estimate of drug-likeness (QED) is 0.852. The van der Waals surface area contributed by atoms with E-state index in [1.807, 2.05) is 0 Å². The number of nitrogens with one attached hydrogen (secondary N) is 1. The van der Waals surface area contributed by atoms with Crippen LogP contribution in [0.4, 0.5) is 0 Å². The molecule has 2 atom stereocenters. The first kappa shape index (κ1) is 13.6. The van der Waals surface area contributed by atoms with Crippen LogP contribution in [0.15, 0.2) is 24.3 Å². The zero-order chi connectivity index (χ0) is 13.0. The molecule has 0 spiro atoms. The third-order valence-electron chi connectivity index (χ3n) is 3.81. The van der Waals surface area contributed by atoms with Gasteiger partial charge in [-0.05, 0) is 42.9 Å². The number of nitrogens with two attached hydrogens (primary N) is 1. The smallest absolute Gasteiger partial charge is 0.0323 e. The second-order valence-corrected chi connectivity index (χ2v) is 5.87. The molecule has 1 aliphatic rings. The summed E-state index contributed by atoms with van der Waals surface area (Å²) in [6, 6.07) is 9.38. The van der Waals surface area contributed by atoms with E-state index in [-0.39, 0.29) is 6.04 Å². The number of benzene rings is 1. The molecule has 2 rings (SSSR count). The predicted molar refractivity (Wildman–Crippen MR) is 77.4 cm³/mol. The summed E-state index contributed by atoms with van der Waals surface area (Å²) in [5.74, 6) is 0.646. The van der Waals surface area contributed by atoms with Crippen LogP contribution in [-0.2, 0) is 0 Å². The van der Waals surface area contributed by atoms with Gasteiger partial charge in [-0.1, -0.05) is 44.5 Å². The molecule has 0 amide bonds. The van der Waals surface area contributed by atoms with E-state index in [9.17, 15) is 0 Å². The van der Waals surface area contributed by atoms with Crippen LogP contribution in [0.3, 0.4) is 0 Å². The van der Waals surface area contributed by atoms with Gasteiger partial charge in [-0.25, -0.2) is 0 Å². The highest BCUT2D eigenvalue weighted by molar-refractivity contribution is 5.32. The minimum atomic E-state index is 0.171. The number of piperidine rings is 1. The maximum atomic E-state index is 6.38. The van der Waals surface area contributed by atoms with Gasteiger partial charge >= 0.3 is 0 Å². The van der Waals surface area contributed by atoms with Gasteiger partial charge < -0.3 is 11.1 Å². The molecule has 0 saturated carbocycles. The summed E-state index contributed by atoms with van der Waals surface area (Å²) in [5.41, 5.74) is 9.14. The van der Waals surface area contributed by atoms with Gasteiger partial charge in [-0.3, -0.25) is 0 Å². The average molecular weight is 246 g/mol. The van der Waals surface area contributed by atoms with Gasteiger partial charge in [0.1, 0.15) is 0 Å². The molecule has 1 unspecified atom stereocenters. The van der Waals surface area contributed by atoms with E-state index >= 15 is 0 Å². The molecule has 2 heteroatoms. The maximum absolute atomic E-state index is 6.38. The van der Waals surface area contributed by atoms with Gasteiger partial charge in [0.2, 0.25) is 0 Å². The fraction of sp³-hybridized carbons (Fsp3) is 0.625. The van der Waals surface area contributed by atoms with E-state index in [0.717, 1.165) is 13.0 Å². The lowest BCUT2D eigenvalue weighted by Crippen LogP contribution is -2.28. The van der Waals surface area contributed by atoms with Crippen LogP contribution in [0.25, 0.3) is 0 Å². The molecule has 1 aromatic rings. The Morgan fingerprint density at radius 3 is 2.72 bits per heavy atom. The van der Waals surface area contributed by atoms with E-state index < -0.39 is 0 Å². The monoisotopic (exact) mass is 246 g/mol. The van der Waals surface area contributed by atoms with Crippen LogP contribution >= 0.6 is 0 Å². The Hall–Kier alpha value is -0.860. The molecule has 1 fully saturated rings. The summed E-state index contributed by atoms with van der Waals surface area (Å²) >= 11 is 0. The molecule has 0 aliphatic carbocycles. The van der Waals surface area contributed by atoms with Gasteiger partial charge in [0.25, 0.3) is 0 Å². The number of rotatable bonds is 4. The first-order valence-corrected chi connectivity index (χ1v) is 7.26. The Bertz CT molecular complexity index is 367. The van der Waals surface area contributed by atoms with Crippen molar-refractivity contribution >= 4 is 0 Å². The van der Waals surface area contributed by atoms with Crippen molar-refractivity contribution in [3.8, 4) is 0 Å². The van der Waals surface area contributed by atoms with Gasteiger partial charge in [0, 0.05) is 12.1 Å². The molecule has 1 aromatic carbocycles. The molecule has 18 heavy (non-hydrogen) atoms. The molecule has 0 bridgehead atoms. The molecule has 1 saturated heterocycles. The van der Waals surface area contributed by atoms with E-state index in [1.165, 1.54) is 30.4 Å². The summed E-state index contributed by atoms with van der Waals surface area (Å²) < 4.78 is 0. The fourth-order valence-corrected chi connectivity index (χ4v) is 2.92. The Balaban J connectivity index is 2.18. The highest BCUT2D eigenvalue weighted by Gasteiger charge is 2.20. The molecule has 1 aliphatic heterocycles. The Kier molecular flexibility index (Phi) is 4.79. The average Bonchev–Trinajstić information content (AvgIpc) is 2.39. The zero-order valence-corrected chi connectivity index (χ0v) is 11.7. The third-order valence-corrected chi connectivity index (χ3v) is 3.81. The highest BCUT2D eigenvalue weighted by atomic mass is 14.9. The molecule has 0 aromatic heterocycles. The maximum Gasteiger partial charge on any atom is 0.0323 e. The van der Waals surface area contributed by atoms with Crippen LogP contribution in [0.5, 0.6) is 0 Å². The topological polar surface area (TPSA) is 38.0 Å². The zero-order valence-electron chi connectivity index (χ0n) is 11.7. The van der Waals surface area contributed by atoms with Crippen LogP contribution in [0.1, 0.15) is 62.7 Å². The van der Waals surface area contributed by atoms with Gasteiger partial charge in [0.15, 0.2) is 0 Å². The van der Waals surface area contributed by atoms with E-state index in [1.54, 1.807) is 0 Å². The van der Waals surface area contributed by atoms with Crippen molar-refractivity contribution in [2.24, 2.45) is 11.7 Å². The van der Waals surface area contributed by atoms with Crippen LogP contribution in [0.2, 0.25) is 0 Å². The first-order chi connectivity index (χ1) is 8.68. The van der Waals surface area contributed by atoms with Gasteiger partial charge in [-0.15, -0.1) is 0 Å². The molecular weight excluding hydrogens is 220 g/mol. The van der Waals surface area contributed by atoms with E-state index in [4.69, 9.17) is 5.73 Å². The lowest BCUT2D eigenvalue weighted by molar-refractivity contribution is 0.406. The molecule has 100 valence electrons. The number of hydrogen-bond acceptors (Lipinski definition) is 2. The minimum absolute atomic E-state index is 0.171. The number of hydrogen-bond donors (Lipinski definition) is 2. The minimum Gasteiger partial charge on any atom is -0.324 e. The lowest BCUT2D eigenvalue weighted by atomic mass is 9.88. The first-order valence-electron chi connectivity index (χ1n) is 7.26. The van der Waals surface area contributed by atoms with Crippen molar-refractivity contribution in [2.45, 2.75) is 51.6 Å². The van der Waals surface area contributed by atoms with Gasteiger partial charge in [-0.2, -0.15) is 0 Å². The second kappa shape index (κ2) is 6.35. The Labute approximate surface area is 111 Å². The van der Waals surface area contributed by atoms with Crippen molar-refractivity contribution in [1.29, 1.82) is 0 Å². The normalized spacial score (nSPS) is 22.1. The molecular formula is C16H26N2. The highest BCUT2D eigenvalue weighted by Crippen LogP contribution is 2.30. The van der Waals surface area contributed by atoms with Gasteiger partial charge in [0.05, 0.1) is 0 Å². The summed E-state index contributed by atoms with van der Waals surface area (Å²) in [6.45, 7) is 5.61. The van der Waals surface area contributed by atoms with Crippen LogP contribution in [-0.4, -0.2) is 6.54 Å². The van der Waals surface area contributed by atoms with Crippen molar-refractivity contribution in [2.75, 3.05) is 6.54 Å². The summed E-state index contributed by atoms with van der Waals surface area (Å²) in [5, 5.41) is 3.63. The molecule has 0 radical (unpaired) electrons. The summed E-state index contributed by atoms with van der Waals surface area (Å²) in [4.78, 5) is 0. The molecule has 1 heterocycles. The van der Waals surface area contributed by atoms with E-state index in [0.29, 0.717) is 12.0 Å². The third kappa shape index (κ3) is 3.33. The van der Waals surface area contributed by atoms with E-state index in [2.05, 4.69) is 43.4 Å². The predicted octanol–water partition coefficient (Wildman–Crippen LogP) is 3.55. The van der Waals surface area contributed by atoms with Crippen molar-refractivity contribution < 1.29 is 0 Å². The van der Waals surface area contributed by atoms with Crippen LogP contribution in [0, 0.1) is 5.92 Å². The van der Waals surface area contributed by atoms with Crippen LogP contribution < -0.4 is 11.1 Å². The Morgan fingerprint density at radius 2 is 2.06 bits per heavy atom. The largest absolute Gasteiger partial charge is 0.324 e. The summed E-state index contributed by atoms with van der Waals surface area (Å²) in [6.07, 6.45) is 4.93. The standard InChI is InChI=1S/C16H26N2/c1-12(2)11-15(17)13-7-3-4-8-14(13)16-9-5-6-10-18-16/h3-4,7-8,12,15-16,18H,5-6,9-11,17H2,1-2H3/t15-,16?/m0/s1. The van der Waals surface area contributed by atoms with Crippen molar-refractivity contribution in [3.63, 3.8) is 0 Å².